The molecular weight excluding hydrogens is 234 g/mol. The number of hydrogen-bond acceptors (Lipinski definition) is 5. The predicted molar refractivity (Wildman–Crippen MR) is 66.3 cm³/mol. The van der Waals surface area contributed by atoms with Gasteiger partial charge in [0, 0.05) is 0 Å². The number of nitrogens with one attached hydrogen (secondary N) is 2. The summed E-state index contributed by atoms with van der Waals surface area (Å²) in [4.78, 5) is 19.2. The average molecular weight is 249 g/mol. The minimum Gasteiger partial charge on any atom is -0.480 e. The van der Waals surface area contributed by atoms with Crippen molar-refractivity contribution in [1.29, 1.82) is 0 Å². The molecule has 0 fully saturated rings. The van der Waals surface area contributed by atoms with Crippen molar-refractivity contribution in [3.05, 3.63) is 12.5 Å². The lowest BCUT2D eigenvalue weighted by Gasteiger charge is -2.14. The quantitative estimate of drug-likeness (QED) is 0.715. The van der Waals surface area contributed by atoms with E-state index in [1.165, 1.54) is 6.33 Å². The molecule has 0 bridgehead atoms. The minimum absolute atomic E-state index is 0.497. The third kappa shape index (κ3) is 2.55. The van der Waals surface area contributed by atoms with Crippen LogP contribution in [-0.4, -0.2) is 37.3 Å². The van der Waals surface area contributed by atoms with Crippen molar-refractivity contribution in [2.45, 2.75) is 32.2 Å². The highest BCUT2D eigenvalue weighted by molar-refractivity contribution is 5.88. The van der Waals surface area contributed by atoms with Gasteiger partial charge in [0.2, 0.25) is 0 Å². The minimum atomic E-state index is -0.876. The highest BCUT2D eigenvalue weighted by Gasteiger charge is 2.18. The summed E-state index contributed by atoms with van der Waals surface area (Å²) in [6.07, 6.45) is 5.33. The van der Waals surface area contributed by atoms with E-state index >= 15 is 0 Å². The number of fused-ring (bicyclic) bond motifs is 1. The Balaban J connectivity index is 2.20. The van der Waals surface area contributed by atoms with Gasteiger partial charge in [-0.3, -0.25) is 5.10 Å². The van der Waals surface area contributed by atoms with Gasteiger partial charge in [0.25, 0.3) is 0 Å². The van der Waals surface area contributed by atoms with Crippen molar-refractivity contribution in [3.63, 3.8) is 0 Å². The Hall–Kier alpha value is -2.18. The van der Waals surface area contributed by atoms with Crippen molar-refractivity contribution in [2.24, 2.45) is 0 Å². The van der Waals surface area contributed by atoms with Gasteiger partial charge >= 0.3 is 5.97 Å². The summed E-state index contributed by atoms with van der Waals surface area (Å²) in [5.74, 6) is -0.379. The molecule has 7 nitrogen and oxygen atoms in total. The fourth-order valence-corrected chi connectivity index (χ4v) is 1.71. The van der Waals surface area contributed by atoms with E-state index in [-0.39, 0.29) is 0 Å². The van der Waals surface area contributed by atoms with E-state index in [1.54, 1.807) is 6.20 Å². The second-order valence-electron chi connectivity index (χ2n) is 4.03. The van der Waals surface area contributed by atoms with Gasteiger partial charge in [0.05, 0.1) is 11.6 Å². The fraction of sp³-hybridized carbons (Fsp3) is 0.455. The highest BCUT2D eigenvalue weighted by Crippen LogP contribution is 2.18. The van der Waals surface area contributed by atoms with Gasteiger partial charge in [-0.25, -0.2) is 14.8 Å². The fourth-order valence-electron chi connectivity index (χ4n) is 1.71. The number of anilines is 1. The number of rotatable bonds is 6. The van der Waals surface area contributed by atoms with Crippen LogP contribution < -0.4 is 5.32 Å². The molecule has 7 heteroatoms. The molecule has 0 radical (unpaired) electrons. The number of carbonyl (C=O) groups is 1. The molecule has 0 aliphatic rings. The van der Waals surface area contributed by atoms with Crippen LogP contribution in [0.25, 0.3) is 11.0 Å². The van der Waals surface area contributed by atoms with Crippen LogP contribution in [0.5, 0.6) is 0 Å². The Morgan fingerprint density at radius 2 is 2.39 bits per heavy atom. The van der Waals surface area contributed by atoms with Crippen LogP contribution in [0, 0.1) is 0 Å². The van der Waals surface area contributed by atoms with Crippen LogP contribution in [0.1, 0.15) is 26.2 Å². The summed E-state index contributed by atoms with van der Waals surface area (Å²) in [6, 6.07) is -0.641. The zero-order valence-electron chi connectivity index (χ0n) is 10.1. The van der Waals surface area contributed by atoms with Crippen molar-refractivity contribution >= 4 is 22.8 Å². The normalized spacial score (nSPS) is 12.5. The number of H-pyrrole nitrogens is 1. The number of hydrogen-bond donors (Lipinski definition) is 3. The average Bonchev–Trinajstić information content (AvgIpc) is 2.83. The van der Waals surface area contributed by atoms with E-state index in [0.717, 1.165) is 12.8 Å². The number of carboxylic acids is 1. The van der Waals surface area contributed by atoms with Gasteiger partial charge in [-0.15, -0.1) is 0 Å². The first-order chi connectivity index (χ1) is 8.72. The van der Waals surface area contributed by atoms with Crippen LogP contribution in [0.4, 0.5) is 5.82 Å². The van der Waals surface area contributed by atoms with Gasteiger partial charge in [-0.05, 0) is 6.42 Å². The molecule has 1 atom stereocenters. The van der Waals surface area contributed by atoms with Gasteiger partial charge in [-0.2, -0.15) is 5.10 Å². The lowest BCUT2D eigenvalue weighted by molar-refractivity contribution is -0.138. The van der Waals surface area contributed by atoms with Crippen molar-refractivity contribution in [2.75, 3.05) is 5.32 Å². The number of carboxylic acid groups (broad SMARTS) is 1. The molecule has 18 heavy (non-hydrogen) atoms. The molecule has 0 spiro atoms. The molecule has 2 heterocycles. The zero-order valence-corrected chi connectivity index (χ0v) is 10.1. The topological polar surface area (TPSA) is 104 Å². The molecule has 2 rings (SSSR count). The molecule has 0 aliphatic carbocycles. The van der Waals surface area contributed by atoms with Crippen molar-refractivity contribution in [1.82, 2.24) is 20.2 Å². The van der Waals surface area contributed by atoms with Crippen LogP contribution in [0.15, 0.2) is 12.5 Å². The van der Waals surface area contributed by atoms with Crippen LogP contribution in [0.3, 0.4) is 0 Å². The van der Waals surface area contributed by atoms with Crippen LogP contribution >= 0.6 is 0 Å². The van der Waals surface area contributed by atoms with Gasteiger partial charge < -0.3 is 10.4 Å². The maximum absolute atomic E-state index is 11.2. The zero-order chi connectivity index (χ0) is 13.0. The largest absolute Gasteiger partial charge is 0.480 e. The number of aliphatic carboxylic acids is 1. The van der Waals surface area contributed by atoms with E-state index < -0.39 is 12.0 Å². The Morgan fingerprint density at radius 1 is 1.56 bits per heavy atom. The molecule has 96 valence electrons. The summed E-state index contributed by atoms with van der Waals surface area (Å²) < 4.78 is 0. The van der Waals surface area contributed by atoms with Crippen LogP contribution in [0.2, 0.25) is 0 Å². The third-order valence-electron chi connectivity index (χ3n) is 2.70. The van der Waals surface area contributed by atoms with Gasteiger partial charge in [0.15, 0.2) is 5.65 Å². The molecule has 2 aromatic heterocycles. The van der Waals surface area contributed by atoms with Crippen molar-refractivity contribution in [3.8, 4) is 0 Å². The summed E-state index contributed by atoms with van der Waals surface area (Å²) in [6.45, 7) is 2.03. The number of aromatic nitrogens is 4. The first-order valence-electron chi connectivity index (χ1n) is 5.85. The Kier molecular flexibility index (Phi) is 3.71. The smallest absolute Gasteiger partial charge is 0.326 e. The molecular formula is C11H15N5O2. The molecule has 3 N–H and O–H groups in total. The Bertz CT molecular complexity index is 539. The molecule has 0 aromatic carbocycles. The summed E-state index contributed by atoms with van der Waals surface area (Å²) in [5.41, 5.74) is 0.590. The number of nitrogens with zero attached hydrogens (tertiary/aromatic N) is 3. The van der Waals surface area contributed by atoms with E-state index in [2.05, 4.69) is 25.5 Å². The Morgan fingerprint density at radius 3 is 3.11 bits per heavy atom. The summed E-state index contributed by atoms with van der Waals surface area (Å²) in [5, 5.41) is 19.4. The number of aromatic amines is 1. The lowest BCUT2D eigenvalue weighted by atomic mass is 10.1. The van der Waals surface area contributed by atoms with Gasteiger partial charge in [-0.1, -0.05) is 19.8 Å². The van der Waals surface area contributed by atoms with Crippen molar-refractivity contribution < 1.29 is 9.90 Å². The number of unbranched alkanes of at least 4 members (excludes halogenated alkanes) is 1. The Labute approximate surface area is 104 Å². The SMILES string of the molecule is CCCCC(Nc1ncnc2[nH]ncc12)C(=O)O. The van der Waals surface area contributed by atoms with E-state index in [0.29, 0.717) is 23.3 Å². The van der Waals surface area contributed by atoms with Gasteiger partial charge in [0.1, 0.15) is 18.2 Å². The predicted octanol–water partition coefficient (Wildman–Crippen LogP) is 1.41. The third-order valence-corrected chi connectivity index (χ3v) is 2.70. The van der Waals surface area contributed by atoms with E-state index in [1.807, 2.05) is 6.92 Å². The van der Waals surface area contributed by atoms with Crippen LogP contribution in [-0.2, 0) is 4.79 Å². The first kappa shape index (κ1) is 12.3. The lowest BCUT2D eigenvalue weighted by Crippen LogP contribution is -2.29. The summed E-state index contributed by atoms with van der Waals surface area (Å²) in [7, 11) is 0. The monoisotopic (exact) mass is 249 g/mol. The molecule has 0 saturated heterocycles. The highest BCUT2D eigenvalue weighted by atomic mass is 16.4. The van der Waals surface area contributed by atoms with E-state index in [9.17, 15) is 4.79 Å². The molecule has 2 aromatic rings. The maximum atomic E-state index is 11.2. The maximum Gasteiger partial charge on any atom is 0.326 e. The molecule has 1 unspecified atom stereocenters. The first-order valence-corrected chi connectivity index (χ1v) is 5.85. The van der Waals surface area contributed by atoms with E-state index in [4.69, 9.17) is 5.11 Å². The molecule has 0 saturated carbocycles. The molecule has 0 amide bonds. The molecule has 0 aliphatic heterocycles. The second-order valence-corrected chi connectivity index (χ2v) is 4.03. The second kappa shape index (κ2) is 5.44. The summed E-state index contributed by atoms with van der Waals surface area (Å²) >= 11 is 0. The standard InChI is InChI=1S/C11H15N5O2/c1-2-3-4-8(11(17)18)15-9-7-5-14-16-10(7)13-6-12-9/h5-6,8H,2-4H2,1H3,(H,17,18)(H2,12,13,14,15,16).